The zero-order valence-corrected chi connectivity index (χ0v) is 15.0. The molecule has 0 aliphatic carbocycles. The molecule has 27 heavy (non-hydrogen) atoms. The molecule has 1 aliphatic rings. The number of rotatable bonds is 5. The van der Waals surface area contributed by atoms with E-state index in [4.69, 9.17) is 10.3 Å². The van der Waals surface area contributed by atoms with Gasteiger partial charge in [0.1, 0.15) is 6.04 Å². The maximum Gasteiger partial charge on any atom is 0.254 e. The normalized spacial score (nSPS) is 15.7. The maximum absolute atomic E-state index is 12.6. The number of amides is 1. The number of carbonyl (C=O) groups is 1. The molecule has 0 bridgehead atoms. The van der Waals surface area contributed by atoms with Crippen LogP contribution in [0.3, 0.4) is 0 Å². The zero-order chi connectivity index (χ0) is 18.6. The van der Waals surface area contributed by atoms with Crippen LogP contribution in [-0.2, 0) is 11.3 Å². The lowest BCUT2D eigenvalue weighted by molar-refractivity contribution is -0.135. The molecule has 2 N–H and O–H groups in total. The van der Waals surface area contributed by atoms with Crippen LogP contribution in [0.2, 0.25) is 0 Å². The molecule has 1 saturated heterocycles. The van der Waals surface area contributed by atoms with Gasteiger partial charge in [-0.05, 0) is 24.0 Å². The van der Waals surface area contributed by atoms with E-state index < -0.39 is 0 Å². The Balaban J connectivity index is 1.70. The first-order chi connectivity index (χ1) is 13.3. The van der Waals surface area contributed by atoms with Crippen LogP contribution in [0.4, 0.5) is 0 Å². The van der Waals surface area contributed by atoms with Gasteiger partial charge in [0.2, 0.25) is 11.7 Å². The number of likely N-dealkylation sites (tertiary alicyclic amines) is 1. The summed E-state index contributed by atoms with van der Waals surface area (Å²) >= 11 is 0. The van der Waals surface area contributed by atoms with E-state index in [-0.39, 0.29) is 11.9 Å². The van der Waals surface area contributed by atoms with Crippen molar-refractivity contribution in [3.8, 4) is 11.4 Å². The predicted octanol–water partition coefficient (Wildman–Crippen LogP) is 3.30. The molecule has 1 aliphatic heterocycles. The highest BCUT2D eigenvalue weighted by molar-refractivity contribution is 5.77. The summed E-state index contributed by atoms with van der Waals surface area (Å²) in [5.41, 5.74) is 8.53. The molecule has 6 heteroatoms. The van der Waals surface area contributed by atoms with Gasteiger partial charge < -0.3 is 15.2 Å². The number of piperidine rings is 1. The van der Waals surface area contributed by atoms with E-state index in [0.29, 0.717) is 31.2 Å². The van der Waals surface area contributed by atoms with Gasteiger partial charge in [0, 0.05) is 25.1 Å². The average Bonchev–Trinajstić information content (AvgIpc) is 3.20. The second kappa shape index (κ2) is 7.72. The van der Waals surface area contributed by atoms with Crippen LogP contribution < -0.4 is 5.73 Å². The standard InChI is InChI=1S/C21H22N4O2/c22-14-15-9-11-17(12-10-15)20-23-21(27-24-20)19(16-6-2-1-3-7-16)25-13-5-4-8-18(25)26/h1-3,6-7,9-12,19H,4-5,8,13-14,22H2. The summed E-state index contributed by atoms with van der Waals surface area (Å²) in [6.07, 6.45) is 2.47. The Labute approximate surface area is 158 Å². The quantitative estimate of drug-likeness (QED) is 0.753. The van der Waals surface area contributed by atoms with E-state index in [1.807, 2.05) is 59.5 Å². The first kappa shape index (κ1) is 17.4. The summed E-state index contributed by atoms with van der Waals surface area (Å²) in [4.78, 5) is 19.0. The van der Waals surface area contributed by atoms with Crippen molar-refractivity contribution >= 4 is 5.91 Å². The van der Waals surface area contributed by atoms with Crippen LogP contribution >= 0.6 is 0 Å². The summed E-state index contributed by atoms with van der Waals surface area (Å²) in [6, 6.07) is 17.3. The zero-order valence-electron chi connectivity index (χ0n) is 15.0. The lowest BCUT2D eigenvalue weighted by atomic mass is 10.0. The highest BCUT2D eigenvalue weighted by Gasteiger charge is 2.32. The van der Waals surface area contributed by atoms with Crippen LogP contribution in [0.25, 0.3) is 11.4 Å². The van der Waals surface area contributed by atoms with Gasteiger partial charge in [0.05, 0.1) is 0 Å². The molecule has 4 rings (SSSR count). The van der Waals surface area contributed by atoms with Crippen molar-refractivity contribution in [2.75, 3.05) is 6.54 Å². The average molecular weight is 362 g/mol. The number of benzene rings is 2. The van der Waals surface area contributed by atoms with Crippen molar-refractivity contribution in [3.05, 3.63) is 71.6 Å². The molecule has 6 nitrogen and oxygen atoms in total. The smallest absolute Gasteiger partial charge is 0.254 e. The first-order valence-corrected chi connectivity index (χ1v) is 9.23. The Morgan fingerprint density at radius 1 is 1.07 bits per heavy atom. The van der Waals surface area contributed by atoms with Crippen molar-refractivity contribution in [2.45, 2.75) is 31.8 Å². The van der Waals surface area contributed by atoms with Gasteiger partial charge in [-0.25, -0.2) is 0 Å². The van der Waals surface area contributed by atoms with Crippen LogP contribution in [0.15, 0.2) is 59.1 Å². The Hall–Kier alpha value is -2.99. The van der Waals surface area contributed by atoms with E-state index in [1.54, 1.807) is 0 Å². The van der Waals surface area contributed by atoms with Gasteiger partial charge in [0.25, 0.3) is 5.89 Å². The second-order valence-electron chi connectivity index (χ2n) is 6.71. The Morgan fingerprint density at radius 3 is 2.56 bits per heavy atom. The molecular weight excluding hydrogens is 340 g/mol. The van der Waals surface area contributed by atoms with Gasteiger partial charge in [0.15, 0.2) is 0 Å². The summed E-state index contributed by atoms with van der Waals surface area (Å²) < 4.78 is 5.61. The Kier molecular flexibility index (Phi) is 4.98. The molecule has 138 valence electrons. The third-order valence-corrected chi connectivity index (χ3v) is 4.91. The van der Waals surface area contributed by atoms with Gasteiger partial charge in [-0.1, -0.05) is 59.8 Å². The van der Waals surface area contributed by atoms with E-state index in [0.717, 1.165) is 29.5 Å². The second-order valence-corrected chi connectivity index (χ2v) is 6.71. The number of hydrogen-bond acceptors (Lipinski definition) is 5. The van der Waals surface area contributed by atoms with Gasteiger partial charge in [-0.3, -0.25) is 4.79 Å². The number of nitrogens with two attached hydrogens (primary N) is 1. The van der Waals surface area contributed by atoms with E-state index >= 15 is 0 Å². The van der Waals surface area contributed by atoms with Crippen molar-refractivity contribution in [1.82, 2.24) is 15.0 Å². The lowest BCUT2D eigenvalue weighted by Gasteiger charge is -2.32. The minimum absolute atomic E-state index is 0.127. The molecule has 1 unspecified atom stereocenters. The SMILES string of the molecule is NCc1ccc(-c2noc(C(c3ccccc3)N3CCCCC3=O)n2)cc1. The summed E-state index contributed by atoms with van der Waals surface area (Å²) in [5.74, 6) is 1.08. The number of nitrogens with zero attached hydrogens (tertiary/aromatic N) is 3. The fourth-order valence-corrected chi connectivity index (χ4v) is 3.44. The first-order valence-electron chi connectivity index (χ1n) is 9.23. The molecule has 1 amide bonds. The molecule has 1 atom stereocenters. The maximum atomic E-state index is 12.6. The summed E-state index contributed by atoms with van der Waals surface area (Å²) in [7, 11) is 0. The minimum Gasteiger partial charge on any atom is -0.336 e. The molecule has 1 aromatic heterocycles. The third-order valence-electron chi connectivity index (χ3n) is 4.91. The minimum atomic E-state index is -0.358. The lowest BCUT2D eigenvalue weighted by Crippen LogP contribution is -2.39. The van der Waals surface area contributed by atoms with Crippen LogP contribution in [0.5, 0.6) is 0 Å². The van der Waals surface area contributed by atoms with Crippen LogP contribution in [-0.4, -0.2) is 27.5 Å². The molecule has 2 heterocycles. The number of hydrogen-bond donors (Lipinski definition) is 1. The number of aromatic nitrogens is 2. The van der Waals surface area contributed by atoms with E-state index in [9.17, 15) is 4.79 Å². The molecule has 1 fully saturated rings. The largest absolute Gasteiger partial charge is 0.336 e. The van der Waals surface area contributed by atoms with Crippen molar-refractivity contribution < 1.29 is 9.32 Å². The molecule has 0 radical (unpaired) electrons. The van der Waals surface area contributed by atoms with E-state index in [2.05, 4.69) is 10.1 Å². The number of carbonyl (C=O) groups excluding carboxylic acids is 1. The Morgan fingerprint density at radius 2 is 1.85 bits per heavy atom. The predicted molar refractivity (Wildman–Crippen MR) is 101 cm³/mol. The van der Waals surface area contributed by atoms with Gasteiger partial charge >= 0.3 is 0 Å². The monoisotopic (exact) mass is 362 g/mol. The topological polar surface area (TPSA) is 85.2 Å². The Bertz CT molecular complexity index is 905. The molecular formula is C21H22N4O2. The highest BCUT2D eigenvalue weighted by Crippen LogP contribution is 2.32. The van der Waals surface area contributed by atoms with Crippen LogP contribution in [0, 0.1) is 0 Å². The third kappa shape index (κ3) is 3.61. The van der Waals surface area contributed by atoms with Crippen molar-refractivity contribution in [1.29, 1.82) is 0 Å². The van der Waals surface area contributed by atoms with Gasteiger partial charge in [-0.15, -0.1) is 0 Å². The fourth-order valence-electron chi connectivity index (χ4n) is 3.44. The fraction of sp³-hybridized carbons (Fsp3) is 0.286. The summed E-state index contributed by atoms with van der Waals surface area (Å²) in [6.45, 7) is 1.19. The van der Waals surface area contributed by atoms with Crippen LogP contribution in [0.1, 0.15) is 42.3 Å². The molecule has 3 aromatic rings. The van der Waals surface area contributed by atoms with E-state index in [1.165, 1.54) is 0 Å². The van der Waals surface area contributed by atoms with Crippen molar-refractivity contribution in [3.63, 3.8) is 0 Å². The molecule has 2 aromatic carbocycles. The van der Waals surface area contributed by atoms with Crippen molar-refractivity contribution in [2.24, 2.45) is 5.73 Å². The summed E-state index contributed by atoms with van der Waals surface area (Å²) in [5, 5.41) is 4.15. The molecule has 0 spiro atoms. The van der Waals surface area contributed by atoms with Gasteiger partial charge in [-0.2, -0.15) is 4.98 Å². The highest BCUT2D eigenvalue weighted by atomic mass is 16.5. The molecule has 0 saturated carbocycles.